The van der Waals surface area contributed by atoms with E-state index in [2.05, 4.69) is 47.4 Å². The van der Waals surface area contributed by atoms with Crippen LogP contribution in [0.15, 0.2) is 30.5 Å². The van der Waals surface area contributed by atoms with Gasteiger partial charge in [-0.1, -0.05) is 18.2 Å². The number of para-hydroxylation sites is 1. The van der Waals surface area contributed by atoms with E-state index in [-0.39, 0.29) is 5.41 Å². The van der Waals surface area contributed by atoms with E-state index in [1.807, 2.05) is 7.05 Å². The van der Waals surface area contributed by atoms with Gasteiger partial charge in [-0.25, -0.2) is 0 Å². The number of aromatic nitrogens is 1. The minimum atomic E-state index is 0.212. The standard InChI is InChI=1S/C15H20N2O/c1-16-8-7-15(10-18-11-15)13-9-17(2)14-6-4-3-5-12(13)14/h3-6,9,16H,7-8,10-11H2,1-2H3. The zero-order valence-corrected chi connectivity index (χ0v) is 11.1. The Kier molecular flexibility index (Phi) is 2.88. The molecule has 0 aliphatic carbocycles. The Balaban J connectivity index is 2.07. The smallest absolute Gasteiger partial charge is 0.0586 e. The summed E-state index contributed by atoms with van der Waals surface area (Å²) < 4.78 is 7.74. The number of rotatable bonds is 4. The Morgan fingerprint density at radius 3 is 2.78 bits per heavy atom. The lowest BCUT2D eigenvalue weighted by Gasteiger charge is -2.41. The van der Waals surface area contributed by atoms with Gasteiger partial charge in [-0.3, -0.25) is 0 Å². The summed E-state index contributed by atoms with van der Waals surface area (Å²) in [7, 11) is 4.13. The zero-order chi connectivity index (χ0) is 12.6. The van der Waals surface area contributed by atoms with Gasteiger partial charge in [0.2, 0.25) is 0 Å². The Labute approximate surface area is 108 Å². The van der Waals surface area contributed by atoms with Crippen molar-refractivity contribution in [2.45, 2.75) is 11.8 Å². The summed E-state index contributed by atoms with van der Waals surface area (Å²) in [5, 5.41) is 4.63. The fraction of sp³-hybridized carbons (Fsp3) is 0.467. The molecule has 0 atom stereocenters. The molecular weight excluding hydrogens is 224 g/mol. The highest BCUT2D eigenvalue weighted by molar-refractivity contribution is 5.85. The zero-order valence-electron chi connectivity index (χ0n) is 11.1. The van der Waals surface area contributed by atoms with Gasteiger partial charge in [0, 0.05) is 29.6 Å². The van der Waals surface area contributed by atoms with Gasteiger partial charge in [-0.2, -0.15) is 0 Å². The van der Waals surface area contributed by atoms with Crippen LogP contribution < -0.4 is 5.32 Å². The van der Waals surface area contributed by atoms with E-state index in [9.17, 15) is 0 Å². The van der Waals surface area contributed by atoms with Gasteiger partial charge in [0.1, 0.15) is 0 Å². The van der Waals surface area contributed by atoms with Crippen LogP contribution in [0.1, 0.15) is 12.0 Å². The number of hydrogen-bond acceptors (Lipinski definition) is 2. The summed E-state index contributed by atoms with van der Waals surface area (Å²) in [6, 6.07) is 8.63. The molecule has 3 nitrogen and oxygen atoms in total. The SMILES string of the molecule is CNCCC1(c2cn(C)c3ccccc23)COC1. The number of hydrogen-bond donors (Lipinski definition) is 1. The Morgan fingerprint density at radius 2 is 2.11 bits per heavy atom. The Morgan fingerprint density at radius 1 is 1.33 bits per heavy atom. The van der Waals surface area contributed by atoms with Crippen molar-refractivity contribution < 1.29 is 4.74 Å². The maximum Gasteiger partial charge on any atom is 0.0586 e. The van der Waals surface area contributed by atoms with Crippen LogP contribution in [-0.4, -0.2) is 31.4 Å². The number of ether oxygens (including phenoxy) is 1. The molecule has 0 bridgehead atoms. The average Bonchev–Trinajstić information content (AvgIpc) is 2.67. The van der Waals surface area contributed by atoms with E-state index in [1.165, 1.54) is 16.5 Å². The van der Waals surface area contributed by atoms with Crippen LogP contribution >= 0.6 is 0 Å². The molecule has 3 rings (SSSR count). The van der Waals surface area contributed by atoms with Crippen molar-refractivity contribution in [3.8, 4) is 0 Å². The lowest BCUT2D eigenvalue weighted by atomic mass is 9.76. The second-order valence-electron chi connectivity index (χ2n) is 5.30. The van der Waals surface area contributed by atoms with Gasteiger partial charge >= 0.3 is 0 Å². The molecule has 2 aromatic rings. The van der Waals surface area contributed by atoms with E-state index in [0.29, 0.717) is 0 Å². The third-order valence-corrected chi connectivity index (χ3v) is 4.08. The van der Waals surface area contributed by atoms with Gasteiger partial charge in [0.05, 0.1) is 13.2 Å². The second kappa shape index (κ2) is 4.41. The predicted octanol–water partition coefficient (Wildman–Crippen LogP) is 2.06. The molecule has 2 heterocycles. The quantitative estimate of drug-likeness (QED) is 0.891. The molecule has 0 radical (unpaired) electrons. The van der Waals surface area contributed by atoms with Crippen LogP contribution in [0, 0.1) is 0 Å². The van der Waals surface area contributed by atoms with E-state index >= 15 is 0 Å². The summed E-state index contributed by atoms with van der Waals surface area (Å²) in [6.07, 6.45) is 3.42. The van der Waals surface area contributed by atoms with Gasteiger partial charge < -0.3 is 14.6 Å². The van der Waals surface area contributed by atoms with Crippen molar-refractivity contribution >= 4 is 10.9 Å². The fourth-order valence-electron chi connectivity index (χ4n) is 2.91. The number of aryl methyl sites for hydroxylation is 1. The van der Waals surface area contributed by atoms with Crippen molar-refractivity contribution in [1.82, 2.24) is 9.88 Å². The summed E-state index contributed by atoms with van der Waals surface area (Å²) in [4.78, 5) is 0. The first-order valence-corrected chi connectivity index (χ1v) is 6.54. The van der Waals surface area contributed by atoms with Gasteiger partial charge in [0.15, 0.2) is 0 Å². The molecule has 1 fully saturated rings. The molecular formula is C15H20N2O. The molecule has 1 aliphatic heterocycles. The van der Waals surface area contributed by atoms with E-state index in [1.54, 1.807) is 0 Å². The molecule has 96 valence electrons. The summed E-state index contributed by atoms with van der Waals surface area (Å²) in [6.45, 7) is 2.73. The predicted molar refractivity (Wildman–Crippen MR) is 74.0 cm³/mol. The van der Waals surface area contributed by atoms with Gasteiger partial charge in [0.25, 0.3) is 0 Å². The average molecular weight is 244 g/mol. The second-order valence-corrected chi connectivity index (χ2v) is 5.30. The summed E-state index contributed by atoms with van der Waals surface area (Å²) in [5.74, 6) is 0. The third kappa shape index (κ3) is 1.66. The molecule has 0 amide bonds. The minimum absolute atomic E-state index is 0.212. The molecule has 18 heavy (non-hydrogen) atoms. The highest BCUT2D eigenvalue weighted by Crippen LogP contribution is 2.39. The van der Waals surface area contributed by atoms with Gasteiger partial charge in [-0.05, 0) is 31.6 Å². The van der Waals surface area contributed by atoms with Crippen LogP contribution in [0.5, 0.6) is 0 Å². The number of benzene rings is 1. The monoisotopic (exact) mass is 244 g/mol. The van der Waals surface area contributed by atoms with Crippen molar-refractivity contribution in [3.05, 3.63) is 36.0 Å². The fourth-order valence-corrected chi connectivity index (χ4v) is 2.91. The topological polar surface area (TPSA) is 26.2 Å². The molecule has 1 aromatic heterocycles. The number of fused-ring (bicyclic) bond motifs is 1. The van der Waals surface area contributed by atoms with E-state index in [0.717, 1.165) is 26.2 Å². The lowest BCUT2D eigenvalue weighted by molar-refractivity contribution is -0.0631. The van der Waals surface area contributed by atoms with Crippen LogP contribution in [0.2, 0.25) is 0 Å². The summed E-state index contributed by atoms with van der Waals surface area (Å²) in [5.41, 5.74) is 2.97. The highest BCUT2D eigenvalue weighted by atomic mass is 16.5. The first kappa shape index (κ1) is 11.8. The maximum atomic E-state index is 5.51. The van der Waals surface area contributed by atoms with Crippen molar-refractivity contribution in [2.24, 2.45) is 7.05 Å². The van der Waals surface area contributed by atoms with Crippen LogP contribution in [0.3, 0.4) is 0 Å². The van der Waals surface area contributed by atoms with Crippen molar-refractivity contribution in [1.29, 1.82) is 0 Å². The number of nitrogens with zero attached hydrogens (tertiary/aromatic N) is 1. The molecule has 1 N–H and O–H groups in total. The molecule has 1 saturated heterocycles. The van der Waals surface area contributed by atoms with Crippen LogP contribution in [0.4, 0.5) is 0 Å². The molecule has 0 spiro atoms. The van der Waals surface area contributed by atoms with E-state index < -0.39 is 0 Å². The summed E-state index contributed by atoms with van der Waals surface area (Å²) >= 11 is 0. The first-order chi connectivity index (χ1) is 8.77. The lowest BCUT2D eigenvalue weighted by Crippen LogP contribution is -2.48. The molecule has 1 aliphatic rings. The minimum Gasteiger partial charge on any atom is -0.379 e. The normalized spacial score (nSPS) is 17.9. The Bertz CT molecular complexity index is 555. The molecule has 0 unspecified atom stereocenters. The highest BCUT2D eigenvalue weighted by Gasteiger charge is 2.41. The Hall–Kier alpha value is -1.32. The van der Waals surface area contributed by atoms with E-state index in [4.69, 9.17) is 4.74 Å². The largest absolute Gasteiger partial charge is 0.379 e. The van der Waals surface area contributed by atoms with Crippen molar-refractivity contribution in [3.63, 3.8) is 0 Å². The molecule has 1 aromatic carbocycles. The van der Waals surface area contributed by atoms with Gasteiger partial charge in [-0.15, -0.1) is 0 Å². The molecule has 3 heteroatoms. The van der Waals surface area contributed by atoms with Crippen LogP contribution in [-0.2, 0) is 17.2 Å². The molecule has 0 saturated carbocycles. The maximum absolute atomic E-state index is 5.51. The van der Waals surface area contributed by atoms with Crippen LogP contribution in [0.25, 0.3) is 10.9 Å². The third-order valence-electron chi connectivity index (χ3n) is 4.08. The first-order valence-electron chi connectivity index (χ1n) is 6.54. The number of nitrogens with one attached hydrogen (secondary N) is 1. The van der Waals surface area contributed by atoms with Crippen molar-refractivity contribution in [2.75, 3.05) is 26.8 Å².